The van der Waals surface area contributed by atoms with Crippen molar-refractivity contribution in [2.45, 2.75) is 26.9 Å². The average molecular weight is 406 g/mol. The van der Waals surface area contributed by atoms with Gasteiger partial charge in [-0.2, -0.15) is 0 Å². The number of nitrogens with zero attached hydrogens (tertiary/aromatic N) is 1. The smallest absolute Gasteiger partial charge is 0.338 e. The molecule has 1 heterocycles. The van der Waals surface area contributed by atoms with E-state index in [-0.39, 0.29) is 23.2 Å². The van der Waals surface area contributed by atoms with Gasteiger partial charge in [-0.15, -0.1) is 6.58 Å². The lowest BCUT2D eigenvalue weighted by Gasteiger charge is -2.15. The Morgan fingerprint density at radius 2 is 1.80 bits per heavy atom. The van der Waals surface area contributed by atoms with Crippen LogP contribution in [-0.4, -0.2) is 41.2 Å². The zero-order valence-electron chi connectivity index (χ0n) is 17.0. The van der Waals surface area contributed by atoms with Crippen LogP contribution in [0.4, 0.5) is 5.69 Å². The maximum absolute atomic E-state index is 12.5. The lowest BCUT2D eigenvalue weighted by molar-refractivity contribution is -0.123. The summed E-state index contributed by atoms with van der Waals surface area (Å²) in [7, 11) is 0. The van der Waals surface area contributed by atoms with Crippen LogP contribution in [0, 0.1) is 13.8 Å². The van der Waals surface area contributed by atoms with E-state index < -0.39 is 29.8 Å². The Labute approximate surface area is 174 Å². The van der Waals surface area contributed by atoms with E-state index in [9.17, 15) is 19.2 Å². The molecule has 1 aliphatic rings. The summed E-state index contributed by atoms with van der Waals surface area (Å²) in [5.41, 5.74) is 3.04. The number of anilines is 1. The van der Waals surface area contributed by atoms with E-state index in [1.165, 1.54) is 31.2 Å². The highest BCUT2D eigenvalue weighted by atomic mass is 16.5. The van der Waals surface area contributed by atoms with Gasteiger partial charge >= 0.3 is 5.97 Å². The molecule has 2 aromatic carbocycles. The van der Waals surface area contributed by atoms with Crippen molar-refractivity contribution in [2.24, 2.45) is 0 Å². The zero-order valence-corrected chi connectivity index (χ0v) is 17.0. The maximum atomic E-state index is 12.5. The molecule has 0 saturated carbocycles. The Morgan fingerprint density at radius 3 is 2.47 bits per heavy atom. The number of carbonyl (C=O) groups is 4. The van der Waals surface area contributed by atoms with Gasteiger partial charge in [-0.1, -0.05) is 23.8 Å². The number of hydrogen-bond donors (Lipinski definition) is 1. The number of carbonyl (C=O) groups excluding carboxylic acids is 4. The number of imide groups is 1. The molecule has 7 heteroatoms. The summed E-state index contributed by atoms with van der Waals surface area (Å²) in [5.74, 6) is -2.16. The van der Waals surface area contributed by atoms with Crippen molar-refractivity contribution in [2.75, 3.05) is 11.9 Å². The quantitative estimate of drug-likeness (QED) is 0.452. The number of esters is 1. The standard InChI is InChI=1S/C23H22N2O5/c1-5-10-25-21(27)17-8-7-16(12-18(17)22(25)28)23(29)30-15(4)20(26)24-19-9-6-13(2)11-14(19)3/h5-9,11-12,15H,1,10H2,2-4H3,(H,24,26)/t15-/m0/s1. The first-order chi connectivity index (χ1) is 14.2. The topological polar surface area (TPSA) is 92.8 Å². The van der Waals surface area contributed by atoms with Gasteiger partial charge in [0.2, 0.25) is 0 Å². The number of benzene rings is 2. The molecule has 154 valence electrons. The summed E-state index contributed by atoms with van der Waals surface area (Å²) in [5, 5.41) is 2.74. The summed E-state index contributed by atoms with van der Waals surface area (Å²) in [6.45, 7) is 8.91. The summed E-state index contributed by atoms with van der Waals surface area (Å²) in [4.78, 5) is 50.6. The molecule has 0 unspecified atom stereocenters. The third-order valence-electron chi connectivity index (χ3n) is 4.81. The first-order valence-electron chi connectivity index (χ1n) is 9.43. The molecule has 0 aromatic heterocycles. The molecule has 0 spiro atoms. The SMILES string of the molecule is C=CCN1C(=O)c2ccc(C(=O)O[C@@H](C)C(=O)Nc3ccc(C)cc3C)cc2C1=O. The minimum atomic E-state index is -1.05. The second kappa shape index (κ2) is 8.32. The van der Waals surface area contributed by atoms with Gasteiger partial charge in [-0.05, 0) is 50.6 Å². The summed E-state index contributed by atoms with van der Waals surface area (Å²) in [6.07, 6.45) is 0.397. The Bertz CT molecular complexity index is 1070. The van der Waals surface area contributed by atoms with E-state index in [1.807, 2.05) is 26.0 Å². The van der Waals surface area contributed by atoms with E-state index in [0.717, 1.165) is 16.0 Å². The third-order valence-corrected chi connectivity index (χ3v) is 4.81. The van der Waals surface area contributed by atoms with Crippen LogP contribution < -0.4 is 5.32 Å². The van der Waals surface area contributed by atoms with Crippen molar-refractivity contribution in [1.82, 2.24) is 4.90 Å². The number of nitrogens with one attached hydrogen (secondary N) is 1. The van der Waals surface area contributed by atoms with E-state index in [2.05, 4.69) is 11.9 Å². The predicted octanol–water partition coefficient (Wildman–Crippen LogP) is 3.27. The average Bonchev–Trinajstić information content (AvgIpc) is 2.94. The van der Waals surface area contributed by atoms with Gasteiger partial charge in [-0.3, -0.25) is 19.3 Å². The van der Waals surface area contributed by atoms with Crippen molar-refractivity contribution in [3.8, 4) is 0 Å². The molecule has 3 amide bonds. The predicted molar refractivity (Wildman–Crippen MR) is 111 cm³/mol. The molecule has 2 aromatic rings. The van der Waals surface area contributed by atoms with Crippen LogP contribution in [0.3, 0.4) is 0 Å². The molecule has 7 nitrogen and oxygen atoms in total. The molecular formula is C23H22N2O5. The number of fused-ring (bicyclic) bond motifs is 1. The fourth-order valence-electron chi connectivity index (χ4n) is 3.18. The second-order valence-electron chi connectivity index (χ2n) is 7.13. The van der Waals surface area contributed by atoms with E-state index in [4.69, 9.17) is 4.74 Å². The lowest BCUT2D eigenvalue weighted by Crippen LogP contribution is -2.30. The van der Waals surface area contributed by atoms with Crippen molar-refractivity contribution >= 4 is 29.4 Å². The van der Waals surface area contributed by atoms with Gasteiger partial charge < -0.3 is 10.1 Å². The van der Waals surface area contributed by atoms with Crippen molar-refractivity contribution < 1.29 is 23.9 Å². The van der Waals surface area contributed by atoms with E-state index >= 15 is 0 Å². The largest absolute Gasteiger partial charge is 0.449 e. The Morgan fingerprint density at radius 1 is 1.10 bits per heavy atom. The van der Waals surface area contributed by atoms with Crippen molar-refractivity contribution in [3.63, 3.8) is 0 Å². The first kappa shape index (κ1) is 21.0. The highest BCUT2D eigenvalue weighted by Gasteiger charge is 2.35. The van der Waals surface area contributed by atoms with Crippen LogP contribution in [0.2, 0.25) is 0 Å². The van der Waals surface area contributed by atoms with Gasteiger partial charge in [0.15, 0.2) is 6.10 Å². The summed E-state index contributed by atoms with van der Waals surface area (Å²) < 4.78 is 5.25. The van der Waals surface area contributed by atoms with Crippen molar-refractivity contribution in [1.29, 1.82) is 0 Å². The third kappa shape index (κ3) is 4.00. The van der Waals surface area contributed by atoms with E-state index in [0.29, 0.717) is 5.69 Å². The maximum Gasteiger partial charge on any atom is 0.338 e. The molecular weight excluding hydrogens is 384 g/mol. The Kier molecular flexibility index (Phi) is 5.82. The van der Waals surface area contributed by atoms with Crippen LogP contribution in [-0.2, 0) is 9.53 Å². The molecule has 3 rings (SSSR count). The van der Waals surface area contributed by atoms with Crippen LogP contribution in [0.15, 0.2) is 49.1 Å². The van der Waals surface area contributed by atoms with Crippen molar-refractivity contribution in [3.05, 3.63) is 76.9 Å². The van der Waals surface area contributed by atoms with Crippen LogP contribution in [0.5, 0.6) is 0 Å². The monoisotopic (exact) mass is 406 g/mol. The van der Waals surface area contributed by atoms with Crippen LogP contribution >= 0.6 is 0 Å². The highest BCUT2D eigenvalue weighted by Crippen LogP contribution is 2.24. The Balaban J connectivity index is 1.70. The first-order valence-corrected chi connectivity index (χ1v) is 9.43. The zero-order chi connectivity index (χ0) is 22.0. The normalized spacial score (nSPS) is 13.6. The molecule has 0 bridgehead atoms. The van der Waals surface area contributed by atoms with Crippen LogP contribution in [0.25, 0.3) is 0 Å². The molecule has 1 N–H and O–H groups in total. The number of ether oxygens (including phenoxy) is 1. The molecule has 0 aliphatic carbocycles. The number of aryl methyl sites for hydroxylation is 2. The number of amides is 3. The van der Waals surface area contributed by atoms with Gasteiger partial charge in [0.25, 0.3) is 17.7 Å². The second-order valence-corrected chi connectivity index (χ2v) is 7.13. The molecule has 0 radical (unpaired) electrons. The van der Waals surface area contributed by atoms with Gasteiger partial charge in [0, 0.05) is 12.2 Å². The summed E-state index contributed by atoms with van der Waals surface area (Å²) in [6, 6.07) is 9.72. The van der Waals surface area contributed by atoms with Crippen LogP contribution in [0.1, 0.15) is 49.1 Å². The molecule has 0 fully saturated rings. The van der Waals surface area contributed by atoms with Gasteiger partial charge in [-0.25, -0.2) is 4.79 Å². The van der Waals surface area contributed by atoms with E-state index in [1.54, 1.807) is 6.07 Å². The summed E-state index contributed by atoms with van der Waals surface area (Å²) >= 11 is 0. The number of rotatable bonds is 6. The number of hydrogen-bond acceptors (Lipinski definition) is 5. The molecule has 1 aliphatic heterocycles. The minimum absolute atomic E-state index is 0.0847. The Hall–Kier alpha value is -3.74. The van der Waals surface area contributed by atoms with Gasteiger partial charge in [0.1, 0.15) is 0 Å². The fraction of sp³-hybridized carbons (Fsp3) is 0.217. The highest BCUT2D eigenvalue weighted by molar-refractivity contribution is 6.22. The molecule has 30 heavy (non-hydrogen) atoms. The minimum Gasteiger partial charge on any atom is -0.449 e. The molecule has 1 atom stereocenters. The fourth-order valence-corrected chi connectivity index (χ4v) is 3.18. The lowest BCUT2D eigenvalue weighted by atomic mass is 10.1. The van der Waals surface area contributed by atoms with Gasteiger partial charge in [0.05, 0.1) is 16.7 Å². The molecule has 0 saturated heterocycles.